The van der Waals surface area contributed by atoms with Crippen LogP contribution in [0.3, 0.4) is 0 Å². The van der Waals surface area contributed by atoms with Gasteiger partial charge in [0.1, 0.15) is 0 Å². The van der Waals surface area contributed by atoms with E-state index in [0.29, 0.717) is 5.92 Å². The molecule has 0 radical (unpaired) electrons. The molecular formula is C15H15NO2. The van der Waals surface area contributed by atoms with Gasteiger partial charge in [-0.3, -0.25) is 9.78 Å². The van der Waals surface area contributed by atoms with Gasteiger partial charge in [-0.15, -0.1) is 0 Å². The summed E-state index contributed by atoms with van der Waals surface area (Å²) in [5, 5.41) is 11.3. The van der Waals surface area contributed by atoms with E-state index in [1.807, 2.05) is 24.4 Å². The number of nitrogens with zero attached hydrogens (tertiary/aromatic N) is 1. The van der Waals surface area contributed by atoms with Crippen LogP contribution >= 0.6 is 0 Å². The van der Waals surface area contributed by atoms with Gasteiger partial charge in [0.15, 0.2) is 0 Å². The first-order valence-corrected chi connectivity index (χ1v) is 6.31. The maximum absolute atomic E-state index is 11.0. The monoisotopic (exact) mass is 241 g/mol. The minimum absolute atomic E-state index is 0.191. The lowest BCUT2D eigenvalue weighted by Gasteiger charge is -2.09. The van der Waals surface area contributed by atoms with Gasteiger partial charge in [-0.25, -0.2) is 0 Å². The molecule has 2 atom stereocenters. The molecule has 1 fully saturated rings. The van der Waals surface area contributed by atoms with Crippen LogP contribution in [0.25, 0.3) is 10.8 Å². The number of rotatable bonds is 2. The van der Waals surface area contributed by atoms with E-state index in [4.69, 9.17) is 5.11 Å². The summed E-state index contributed by atoms with van der Waals surface area (Å²) in [6, 6.07) is 10.2. The van der Waals surface area contributed by atoms with Gasteiger partial charge in [0.25, 0.3) is 0 Å². The highest BCUT2D eigenvalue weighted by Gasteiger charge is 2.31. The predicted octanol–water partition coefficient (Wildman–Crippen LogP) is 3.20. The standard InChI is InChI=1S/C15H15NO2/c17-15(18)12-6-5-11(7-12)14-8-10-3-1-2-4-13(10)9-16-14/h1-4,8-9,11-12H,5-7H2,(H,17,18). The second-order valence-corrected chi connectivity index (χ2v) is 5.00. The van der Waals surface area contributed by atoms with Crippen LogP contribution in [-0.4, -0.2) is 16.1 Å². The number of carboxylic acids is 1. The third-order valence-electron chi connectivity index (χ3n) is 3.85. The average Bonchev–Trinajstić information content (AvgIpc) is 2.88. The lowest BCUT2D eigenvalue weighted by Crippen LogP contribution is -2.09. The summed E-state index contributed by atoms with van der Waals surface area (Å²) < 4.78 is 0. The number of aromatic nitrogens is 1. The number of hydrogen-bond acceptors (Lipinski definition) is 2. The van der Waals surface area contributed by atoms with Crippen molar-refractivity contribution in [3.05, 3.63) is 42.2 Å². The van der Waals surface area contributed by atoms with Crippen molar-refractivity contribution in [2.45, 2.75) is 25.2 Å². The Hall–Kier alpha value is -1.90. The number of hydrogen-bond donors (Lipinski definition) is 1. The number of pyridine rings is 1. The SMILES string of the molecule is O=C(O)C1CCC(c2cc3ccccc3cn2)C1. The molecule has 2 aromatic rings. The Kier molecular flexibility index (Phi) is 2.74. The van der Waals surface area contributed by atoms with Gasteiger partial charge in [0.05, 0.1) is 5.92 Å². The lowest BCUT2D eigenvalue weighted by molar-refractivity contribution is -0.141. The van der Waals surface area contributed by atoms with E-state index in [2.05, 4.69) is 17.1 Å². The van der Waals surface area contributed by atoms with Crippen LogP contribution in [0.5, 0.6) is 0 Å². The molecule has 1 aromatic heterocycles. The van der Waals surface area contributed by atoms with Gasteiger partial charge in [0, 0.05) is 23.2 Å². The van der Waals surface area contributed by atoms with E-state index in [1.54, 1.807) is 0 Å². The van der Waals surface area contributed by atoms with Gasteiger partial charge in [-0.2, -0.15) is 0 Å². The number of fused-ring (bicyclic) bond motifs is 1. The molecule has 1 aliphatic rings. The zero-order valence-electron chi connectivity index (χ0n) is 10.0. The second kappa shape index (κ2) is 4.41. The van der Waals surface area contributed by atoms with Crippen LogP contribution in [0.4, 0.5) is 0 Å². The van der Waals surface area contributed by atoms with Gasteiger partial charge in [0.2, 0.25) is 0 Å². The molecule has 1 aliphatic carbocycles. The molecule has 1 N–H and O–H groups in total. The summed E-state index contributed by atoms with van der Waals surface area (Å²) in [6.45, 7) is 0. The molecule has 18 heavy (non-hydrogen) atoms. The van der Waals surface area contributed by atoms with Gasteiger partial charge in [-0.1, -0.05) is 24.3 Å². The first-order valence-electron chi connectivity index (χ1n) is 6.31. The van der Waals surface area contributed by atoms with Crippen LogP contribution in [0, 0.1) is 5.92 Å². The van der Waals surface area contributed by atoms with E-state index in [1.165, 1.54) is 5.39 Å². The summed E-state index contributed by atoms with van der Waals surface area (Å²) in [7, 11) is 0. The lowest BCUT2D eigenvalue weighted by atomic mass is 9.99. The van der Waals surface area contributed by atoms with Gasteiger partial charge in [-0.05, 0) is 30.7 Å². The fourth-order valence-electron chi connectivity index (χ4n) is 2.80. The fraction of sp³-hybridized carbons (Fsp3) is 0.333. The maximum atomic E-state index is 11.0. The Balaban J connectivity index is 1.89. The zero-order chi connectivity index (χ0) is 12.5. The molecule has 3 nitrogen and oxygen atoms in total. The molecule has 3 heteroatoms. The van der Waals surface area contributed by atoms with Crippen LogP contribution in [0.1, 0.15) is 30.9 Å². The summed E-state index contributed by atoms with van der Waals surface area (Å²) in [4.78, 5) is 15.5. The number of aliphatic carboxylic acids is 1. The fourth-order valence-corrected chi connectivity index (χ4v) is 2.80. The largest absolute Gasteiger partial charge is 0.481 e. The van der Waals surface area contributed by atoms with Crippen LogP contribution < -0.4 is 0 Å². The summed E-state index contributed by atoms with van der Waals surface area (Å²) in [6.07, 6.45) is 4.32. The van der Waals surface area contributed by atoms with Gasteiger partial charge < -0.3 is 5.11 Å². The zero-order valence-corrected chi connectivity index (χ0v) is 10.0. The molecule has 3 rings (SSSR count). The van der Waals surface area contributed by atoms with E-state index in [0.717, 1.165) is 30.3 Å². The number of benzene rings is 1. The first-order chi connectivity index (χ1) is 8.74. The molecular weight excluding hydrogens is 226 g/mol. The smallest absolute Gasteiger partial charge is 0.306 e. The minimum Gasteiger partial charge on any atom is -0.481 e. The Morgan fingerprint density at radius 3 is 2.72 bits per heavy atom. The predicted molar refractivity (Wildman–Crippen MR) is 69.5 cm³/mol. The molecule has 0 spiro atoms. The van der Waals surface area contributed by atoms with Crippen molar-refractivity contribution in [3.8, 4) is 0 Å². The van der Waals surface area contributed by atoms with E-state index in [-0.39, 0.29) is 5.92 Å². The van der Waals surface area contributed by atoms with Crippen LogP contribution in [-0.2, 0) is 4.79 Å². The molecule has 0 saturated heterocycles. The second-order valence-electron chi connectivity index (χ2n) is 5.00. The normalized spacial score (nSPS) is 23.3. The highest BCUT2D eigenvalue weighted by Crippen LogP contribution is 2.38. The van der Waals surface area contributed by atoms with Crippen molar-refractivity contribution in [2.24, 2.45) is 5.92 Å². The van der Waals surface area contributed by atoms with Crippen molar-refractivity contribution in [1.29, 1.82) is 0 Å². The van der Waals surface area contributed by atoms with E-state index >= 15 is 0 Å². The van der Waals surface area contributed by atoms with Crippen molar-refractivity contribution >= 4 is 16.7 Å². The topological polar surface area (TPSA) is 50.2 Å². The quantitative estimate of drug-likeness (QED) is 0.878. The molecule has 1 aromatic carbocycles. The maximum Gasteiger partial charge on any atom is 0.306 e. The average molecular weight is 241 g/mol. The highest BCUT2D eigenvalue weighted by atomic mass is 16.4. The van der Waals surface area contributed by atoms with Crippen molar-refractivity contribution in [1.82, 2.24) is 4.98 Å². The summed E-state index contributed by atoms with van der Waals surface area (Å²) in [5.41, 5.74) is 1.04. The molecule has 0 aliphatic heterocycles. The molecule has 2 unspecified atom stereocenters. The number of carbonyl (C=O) groups is 1. The third kappa shape index (κ3) is 1.96. The Labute approximate surface area is 105 Å². The number of carboxylic acid groups (broad SMARTS) is 1. The Bertz CT molecular complexity index is 594. The van der Waals surface area contributed by atoms with Crippen LogP contribution in [0.2, 0.25) is 0 Å². The first kappa shape index (κ1) is 11.2. The summed E-state index contributed by atoms with van der Waals surface area (Å²) >= 11 is 0. The molecule has 92 valence electrons. The van der Waals surface area contributed by atoms with Crippen molar-refractivity contribution in [2.75, 3.05) is 0 Å². The summed E-state index contributed by atoms with van der Waals surface area (Å²) in [5.74, 6) is -0.558. The molecule has 0 amide bonds. The van der Waals surface area contributed by atoms with Crippen molar-refractivity contribution < 1.29 is 9.90 Å². The highest BCUT2D eigenvalue weighted by molar-refractivity contribution is 5.81. The third-order valence-corrected chi connectivity index (χ3v) is 3.85. The van der Waals surface area contributed by atoms with Crippen molar-refractivity contribution in [3.63, 3.8) is 0 Å². The van der Waals surface area contributed by atoms with E-state index < -0.39 is 5.97 Å². The van der Waals surface area contributed by atoms with Crippen LogP contribution in [0.15, 0.2) is 36.5 Å². The molecule has 0 bridgehead atoms. The Morgan fingerprint density at radius 1 is 1.22 bits per heavy atom. The minimum atomic E-state index is -0.668. The molecule has 1 saturated carbocycles. The van der Waals surface area contributed by atoms with Gasteiger partial charge >= 0.3 is 5.97 Å². The van der Waals surface area contributed by atoms with E-state index in [9.17, 15) is 4.79 Å². The molecule has 1 heterocycles. The Morgan fingerprint density at radius 2 is 2.00 bits per heavy atom.